The van der Waals surface area contributed by atoms with E-state index in [-0.39, 0.29) is 17.6 Å². The number of hydrogen-bond donors (Lipinski definition) is 3. The van der Waals surface area contributed by atoms with Crippen LogP contribution in [0.1, 0.15) is 18.4 Å². The Kier molecular flexibility index (Phi) is 5.28. The average molecular weight is 341 g/mol. The zero-order chi connectivity index (χ0) is 17.6. The summed E-state index contributed by atoms with van der Waals surface area (Å²) in [6.07, 6.45) is 3.20. The summed E-state index contributed by atoms with van der Waals surface area (Å²) in [4.78, 5) is 11.5. The molecule has 25 heavy (non-hydrogen) atoms. The lowest BCUT2D eigenvalue weighted by molar-refractivity contribution is -0.122. The van der Waals surface area contributed by atoms with E-state index in [1.165, 1.54) is 18.3 Å². The van der Waals surface area contributed by atoms with Crippen LogP contribution in [0.5, 0.6) is 5.75 Å². The molecule has 3 N–H and O–H groups in total. The van der Waals surface area contributed by atoms with Crippen molar-refractivity contribution in [3.8, 4) is 5.75 Å². The normalized spacial score (nSPS) is 13.2. The van der Waals surface area contributed by atoms with Gasteiger partial charge in [0, 0.05) is 29.1 Å². The SMILES string of the molecule is N=Cc1cc(OCCNC(=O)C2CC2)ccc1Nc1ccc(F)cc1. The predicted octanol–water partition coefficient (Wildman–Crippen LogP) is 3.47. The molecule has 0 saturated heterocycles. The van der Waals surface area contributed by atoms with Crippen LogP contribution in [-0.4, -0.2) is 25.3 Å². The van der Waals surface area contributed by atoms with E-state index in [2.05, 4.69) is 10.6 Å². The Morgan fingerprint density at radius 2 is 2.00 bits per heavy atom. The number of hydrogen-bond acceptors (Lipinski definition) is 4. The van der Waals surface area contributed by atoms with E-state index in [0.717, 1.165) is 24.2 Å². The van der Waals surface area contributed by atoms with Crippen LogP contribution in [0.4, 0.5) is 15.8 Å². The number of carbonyl (C=O) groups is 1. The number of halogens is 1. The van der Waals surface area contributed by atoms with Crippen molar-refractivity contribution in [2.45, 2.75) is 12.8 Å². The van der Waals surface area contributed by atoms with Crippen LogP contribution in [-0.2, 0) is 4.79 Å². The summed E-state index contributed by atoms with van der Waals surface area (Å²) in [7, 11) is 0. The molecule has 1 aliphatic rings. The molecule has 0 unspecified atom stereocenters. The van der Waals surface area contributed by atoms with Gasteiger partial charge in [-0.1, -0.05) is 0 Å². The second kappa shape index (κ2) is 7.79. The molecular formula is C19H20FN3O2. The molecule has 0 aliphatic heterocycles. The van der Waals surface area contributed by atoms with Crippen molar-refractivity contribution in [2.75, 3.05) is 18.5 Å². The Hall–Kier alpha value is -2.89. The van der Waals surface area contributed by atoms with Crippen molar-refractivity contribution in [1.82, 2.24) is 5.32 Å². The van der Waals surface area contributed by atoms with Gasteiger partial charge in [0.25, 0.3) is 0 Å². The first-order chi connectivity index (χ1) is 12.2. The van der Waals surface area contributed by atoms with Crippen molar-refractivity contribution >= 4 is 23.5 Å². The lowest BCUT2D eigenvalue weighted by atomic mass is 10.1. The highest BCUT2D eigenvalue weighted by Gasteiger charge is 2.28. The van der Waals surface area contributed by atoms with Gasteiger partial charge in [0.15, 0.2) is 0 Å². The van der Waals surface area contributed by atoms with E-state index in [9.17, 15) is 9.18 Å². The minimum atomic E-state index is -0.296. The molecule has 1 saturated carbocycles. The monoisotopic (exact) mass is 341 g/mol. The molecule has 0 radical (unpaired) electrons. The van der Waals surface area contributed by atoms with E-state index >= 15 is 0 Å². The van der Waals surface area contributed by atoms with E-state index < -0.39 is 0 Å². The molecule has 1 fully saturated rings. The summed E-state index contributed by atoms with van der Waals surface area (Å²) in [5, 5.41) is 13.6. The van der Waals surface area contributed by atoms with Crippen molar-refractivity contribution in [1.29, 1.82) is 5.41 Å². The van der Waals surface area contributed by atoms with Crippen LogP contribution in [0.25, 0.3) is 0 Å². The molecule has 0 heterocycles. The predicted molar refractivity (Wildman–Crippen MR) is 95.2 cm³/mol. The van der Waals surface area contributed by atoms with Gasteiger partial charge in [-0.3, -0.25) is 4.79 Å². The molecule has 6 heteroatoms. The van der Waals surface area contributed by atoms with Gasteiger partial charge in [0.05, 0.1) is 6.54 Å². The highest BCUT2D eigenvalue weighted by atomic mass is 19.1. The van der Waals surface area contributed by atoms with Crippen molar-refractivity contribution in [3.05, 3.63) is 53.8 Å². The zero-order valence-corrected chi connectivity index (χ0v) is 13.7. The fraction of sp³-hybridized carbons (Fsp3) is 0.263. The maximum absolute atomic E-state index is 13.0. The van der Waals surface area contributed by atoms with E-state index in [1.54, 1.807) is 24.3 Å². The molecule has 130 valence electrons. The number of amides is 1. The van der Waals surface area contributed by atoms with Crippen LogP contribution < -0.4 is 15.4 Å². The second-order valence-electron chi connectivity index (χ2n) is 5.94. The third-order valence-electron chi connectivity index (χ3n) is 3.92. The number of rotatable bonds is 8. The summed E-state index contributed by atoms with van der Waals surface area (Å²) >= 11 is 0. The molecule has 1 amide bonds. The number of nitrogens with one attached hydrogen (secondary N) is 3. The van der Waals surface area contributed by atoms with Gasteiger partial charge < -0.3 is 20.8 Å². The van der Waals surface area contributed by atoms with Gasteiger partial charge in [-0.15, -0.1) is 0 Å². The molecule has 0 atom stereocenters. The Morgan fingerprint density at radius 1 is 1.24 bits per heavy atom. The molecule has 2 aromatic rings. The van der Waals surface area contributed by atoms with Gasteiger partial charge in [0.2, 0.25) is 5.91 Å². The minimum absolute atomic E-state index is 0.0997. The fourth-order valence-corrected chi connectivity index (χ4v) is 2.39. The van der Waals surface area contributed by atoms with Crippen LogP contribution in [0.15, 0.2) is 42.5 Å². The zero-order valence-electron chi connectivity index (χ0n) is 13.7. The molecule has 5 nitrogen and oxygen atoms in total. The van der Waals surface area contributed by atoms with Crippen molar-refractivity contribution in [3.63, 3.8) is 0 Å². The lowest BCUT2D eigenvalue weighted by Crippen LogP contribution is -2.29. The summed E-state index contributed by atoms with van der Waals surface area (Å²) in [6, 6.07) is 11.4. The number of anilines is 2. The number of ether oxygens (including phenoxy) is 1. The first-order valence-corrected chi connectivity index (χ1v) is 8.23. The highest BCUT2D eigenvalue weighted by Crippen LogP contribution is 2.28. The molecule has 0 aromatic heterocycles. The molecule has 3 rings (SSSR count). The van der Waals surface area contributed by atoms with Gasteiger partial charge in [-0.2, -0.15) is 0 Å². The Morgan fingerprint density at radius 3 is 2.68 bits per heavy atom. The van der Waals surface area contributed by atoms with Gasteiger partial charge >= 0.3 is 0 Å². The Labute approximate surface area is 145 Å². The van der Waals surface area contributed by atoms with Crippen molar-refractivity contribution < 1.29 is 13.9 Å². The fourth-order valence-electron chi connectivity index (χ4n) is 2.39. The molecule has 0 spiro atoms. The van der Waals surface area contributed by atoms with Crippen LogP contribution in [0.2, 0.25) is 0 Å². The standard InChI is InChI=1S/C19H20FN3O2/c20-15-3-5-16(6-4-15)23-18-8-7-17(11-14(18)12-21)25-10-9-22-19(24)13-1-2-13/h3-8,11-13,21,23H,1-2,9-10H2,(H,22,24). The highest BCUT2D eigenvalue weighted by molar-refractivity contribution is 5.88. The Bertz CT molecular complexity index is 758. The first-order valence-electron chi connectivity index (χ1n) is 8.23. The summed E-state index contributed by atoms with van der Waals surface area (Å²) in [5.41, 5.74) is 2.13. The van der Waals surface area contributed by atoms with E-state index in [4.69, 9.17) is 10.1 Å². The van der Waals surface area contributed by atoms with Gasteiger partial charge in [-0.25, -0.2) is 4.39 Å². The largest absolute Gasteiger partial charge is 0.492 e. The second-order valence-corrected chi connectivity index (χ2v) is 5.94. The minimum Gasteiger partial charge on any atom is -0.492 e. The summed E-state index contributed by atoms with van der Waals surface area (Å²) in [5.74, 6) is 0.628. The van der Waals surface area contributed by atoms with E-state index in [0.29, 0.717) is 24.5 Å². The first kappa shape index (κ1) is 17.0. The van der Waals surface area contributed by atoms with Crippen molar-refractivity contribution in [2.24, 2.45) is 5.92 Å². The molecule has 0 bridgehead atoms. The maximum atomic E-state index is 13.0. The van der Waals surface area contributed by atoms with Gasteiger partial charge in [-0.05, 0) is 55.3 Å². The van der Waals surface area contributed by atoms with Gasteiger partial charge in [0.1, 0.15) is 18.2 Å². The van der Waals surface area contributed by atoms with Crippen LogP contribution in [0.3, 0.4) is 0 Å². The summed E-state index contributed by atoms with van der Waals surface area (Å²) < 4.78 is 18.6. The molecular weight excluding hydrogens is 321 g/mol. The average Bonchev–Trinajstić information content (AvgIpc) is 3.46. The molecule has 1 aliphatic carbocycles. The quantitative estimate of drug-likeness (QED) is 0.508. The van der Waals surface area contributed by atoms with E-state index in [1.807, 2.05) is 6.07 Å². The summed E-state index contributed by atoms with van der Waals surface area (Å²) in [6.45, 7) is 0.839. The number of carbonyl (C=O) groups excluding carboxylic acids is 1. The third-order valence-corrected chi connectivity index (χ3v) is 3.92. The Balaban J connectivity index is 1.56. The lowest BCUT2D eigenvalue weighted by Gasteiger charge is -2.12. The molecule has 2 aromatic carbocycles. The van der Waals surface area contributed by atoms with Crippen LogP contribution >= 0.6 is 0 Å². The number of benzene rings is 2. The smallest absolute Gasteiger partial charge is 0.223 e. The maximum Gasteiger partial charge on any atom is 0.223 e. The third kappa shape index (κ3) is 4.79. The topological polar surface area (TPSA) is 74.2 Å². The van der Waals surface area contributed by atoms with Crippen LogP contribution in [0, 0.1) is 17.1 Å².